The molecular weight excluding hydrogens is 372 g/mol. The second kappa shape index (κ2) is 7.08. The zero-order chi connectivity index (χ0) is 19.1. The Morgan fingerprint density at radius 1 is 1.11 bits per heavy atom. The molecule has 1 saturated carbocycles. The fourth-order valence-corrected chi connectivity index (χ4v) is 4.02. The van der Waals surface area contributed by atoms with Gasteiger partial charge in [0.25, 0.3) is 0 Å². The molecular formula is C22H19ClN4O. The first-order valence-corrected chi connectivity index (χ1v) is 9.69. The largest absolute Gasteiger partial charge is 0.396 e. The molecule has 1 aliphatic rings. The number of benzene rings is 2. The van der Waals surface area contributed by atoms with Crippen LogP contribution in [0.15, 0.2) is 54.6 Å². The Labute approximate surface area is 168 Å². The second-order valence-electron chi connectivity index (χ2n) is 7.10. The van der Waals surface area contributed by atoms with Crippen LogP contribution >= 0.6 is 11.6 Å². The van der Waals surface area contributed by atoms with Gasteiger partial charge < -0.3 is 10.4 Å². The molecule has 0 bridgehead atoms. The molecule has 2 N–H and O–H groups in total. The molecule has 5 rings (SSSR count). The molecule has 1 aliphatic carbocycles. The van der Waals surface area contributed by atoms with E-state index in [2.05, 4.69) is 41.0 Å². The highest BCUT2D eigenvalue weighted by Crippen LogP contribution is 2.31. The molecule has 2 radical (unpaired) electrons. The molecule has 0 aliphatic heterocycles. The first kappa shape index (κ1) is 17.5. The van der Waals surface area contributed by atoms with Gasteiger partial charge in [-0.1, -0.05) is 54.1 Å². The standard InChI is InChI=1S/C22H19ClN4O/c23-20-12-22(24-16-9-8-14(10-16)13-28)27-21(25-20)11-19(26-27)18-7-3-5-15-4-1-2-6-17(15)18/h1-9,11-12,14,16,24,28H,10,13H2/t14-,16-/m1/s1. The molecule has 2 atom stereocenters. The first-order valence-electron chi connectivity index (χ1n) is 9.31. The minimum absolute atomic E-state index is 0.129. The summed E-state index contributed by atoms with van der Waals surface area (Å²) in [6.07, 6.45) is 4.97. The third-order valence-corrected chi connectivity index (χ3v) is 5.40. The predicted molar refractivity (Wildman–Crippen MR) is 112 cm³/mol. The Kier molecular flexibility index (Phi) is 4.41. The Morgan fingerprint density at radius 2 is 1.96 bits per heavy atom. The number of fused-ring (bicyclic) bond motifs is 2. The molecule has 28 heavy (non-hydrogen) atoms. The number of rotatable bonds is 4. The monoisotopic (exact) mass is 390 g/mol. The van der Waals surface area contributed by atoms with Crippen molar-refractivity contribution in [1.82, 2.24) is 14.6 Å². The number of nitrogens with one attached hydrogen (secondary N) is 1. The van der Waals surface area contributed by atoms with Crippen molar-refractivity contribution in [2.45, 2.75) is 12.5 Å². The number of halogens is 1. The van der Waals surface area contributed by atoms with Gasteiger partial charge in [-0.25, -0.2) is 4.98 Å². The van der Waals surface area contributed by atoms with Gasteiger partial charge in [0, 0.05) is 30.3 Å². The van der Waals surface area contributed by atoms with Crippen LogP contribution in [0.3, 0.4) is 0 Å². The van der Waals surface area contributed by atoms with Crippen molar-refractivity contribution in [3.8, 4) is 11.3 Å². The average Bonchev–Trinajstić information content (AvgIpc) is 3.34. The molecule has 4 aromatic rings. The van der Waals surface area contributed by atoms with Gasteiger partial charge in [0.05, 0.1) is 5.69 Å². The van der Waals surface area contributed by atoms with E-state index in [1.165, 1.54) is 5.39 Å². The van der Waals surface area contributed by atoms with Crippen LogP contribution in [0.2, 0.25) is 5.15 Å². The van der Waals surface area contributed by atoms with E-state index in [-0.39, 0.29) is 18.6 Å². The fraction of sp³-hybridized carbons (Fsp3) is 0.182. The third kappa shape index (κ3) is 3.11. The maximum Gasteiger partial charge on any atom is 0.159 e. The van der Waals surface area contributed by atoms with Crippen molar-refractivity contribution in [3.05, 3.63) is 72.6 Å². The summed E-state index contributed by atoms with van der Waals surface area (Å²) in [6, 6.07) is 18.4. The smallest absolute Gasteiger partial charge is 0.159 e. The van der Waals surface area contributed by atoms with E-state index in [1.807, 2.05) is 30.7 Å². The molecule has 0 saturated heterocycles. The molecule has 2 aromatic heterocycles. The average molecular weight is 391 g/mol. The van der Waals surface area contributed by atoms with Crippen LogP contribution in [0.5, 0.6) is 0 Å². The summed E-state index contributed by atoms with van der Waals surface area (Å²) in [5.74, 6) is 0.976. The third-order valence-electron chi connectivity index (χ3n) is 5.20. The van der Waals surface area contributed by atoms with Gasteiger partial charge in [0.2, 0.25) is 0 Å². The van der Waals surface area contributed by atoms with Crippen LogP contribution in [0.1, 0.15) is 6.42 Å². The topological polar surface area (TPSA) is 62.5 Å². The minimum atomic E-state index is 0.129. The Hall–Kier alpha value is -2.63. The van der Waals surface area contributed by atoms with Crippen LogP contribution in [-0.4, -0.2) is 32.4 Å². The van der Waals surface area contributed by atoms with Crippen molar-refractivity contribution in [1.29, 1.82) is 0 Å². The minimum Gasteiger partial charge on any atom is -0.396 e. The molecule has 5 nitrogen and oxygen atoms in total. The molecule has 2 aromatic carbocycles. The SMILES string of the molecule is OC[C@@H]1[CH][CH][C@@H](Nc2cc(Cl)nc3cc(-c4cccc5ccccc45)nn23)C1. The van der Waals surface area contributed by atoms with Crippen LogP contribution in [0.4, 0.5) is 5.82 Å². The van der Waals surface area contributed by atoms with Crippen LogP contribution in [0, 0.1) is 18.8 Å². The highest BCUT2D eigenvalue weighted by molar-refractivity contribution is 6.29. The quantitative estimate of drug-likeness (QED) is 0.507. The van der Waals surface area contributed by atoms with Gasteiger partial charge >= 0.3 is 0 Å². The summed E-state index contributed by atoms with van der Waals surface area (Å²) in [4.78, 5) is 4.44. The van der Waals surface area contributed by atoms with Crippen molar-refractivity contribution in [2.75, 3.05) is 11.9 Å². The van der Waals surface area contributed by atoms with E-state index < -0.39 is 0 Å². The maximum atomic E-state index is 9.35. The number of hydrogen-bond acceptors (Lipinski definition) is 4. The number of anilines is 1. The van der Waals surface area contributed by atoms with Gasteiger partial charge in [0.15, 0.2) is 5.65 Å². The fourth-order valence-electron chi connectivity index (χ4n) is 3.83. The number of hydrogen-bond donors (Lipinski definition) is 2. The lowest BCUT2D eigenvalue weighted by atomic mass is 10.0. The van der Waals surface area contributed by atoms with Crippen LogP contribution in [0.25, 0.3) is 27.7 Å². The van der Waals surface area contributed by atoms with Crippen molar-refractivity contribution >= 4 is 33.8 Å². The number of aromatic nitrogens is 3. The Balaban J connectivity index is 1.57. The number of aliphatic hydroxyl groups is 1. The lowest BCUT2D eigenvalue weighted by molar-refractivity contribution is 0.246. The zero-order valence-corrected chi connectivity index (χ0v) is 15.8. The molecule has 2 heterocycles. The predicted octanol–water partition coefficient (Wildman–Crippen LogP) is 4.40. The number of aliphatic hydroxyl groups excluding tert-OH is 1. The number of nitrogens with zero attached hydrogens (tertiary/aromatic N) is 3. The maximum absolute atomic E-state index is 9.35. The van der Waals surface area contributed by atoms with Gasteiger partial charge in [-0.3, -0.25) is 0 Å². The molecule has 0 amide bonds. The van der Waals surface area contributed by atoms with Crippen molar-refractivity contribution in [2.24, 2.45) is 5.92 Å². The zero-order valence-electron chi connectivity index (χ0n) is 15.1. The lowest BCUT2D eigenvalue weighted by Gasteiger charge is -2.15. The van der Waals surface area contributed by atoms with Crippen LogP contribution in [-0.2, 0) is 0 Å². The van der Waals surface area contributed by atoms with Gasteiger partial charge in [0.1, 0.15) is 11.0 Å². The highest BCUT2D eigenvalue weighted by Gasteiger charge is 2.25. The Morgan fingerprint density at radius 3 is 2.82 bits per heavy atom. The molecule has 6 heteroatoms. The summed E-state index contributed by atoms with van der Waals surface area (Å²) >= 11 is 6.27. The summed E-state index contributed by atoms with van der Waals surface area (Å²) in [6.45, 7) is 0.161. The Bertz CT molecular complexity index is 1150. The van der Waals surface area contributed by atoms with E-state index in [9.17, 15) is 5.11 Å². The van der Waals surface area contributed by atoms with Crippen LogP contribution < -0.4 is 5.32 Å². The molecule has 140 valence electrons. The normalized spacial score (nSPS) is 19.5. The molecule has 1 fully saturated rings. The van der Waals surface area contributed by atoms with E-state index in [0.717, 1.165) is 28.9 Å². The van der Waals surface area contributed by atoms with Gasteiger partial charge in [-0.05, 0) is 36.0 Å². The lowest BCUT2D eigenvalue weighted by Crippen LogP contribution is -2.19. The summed E-state index contributed by atoms with van der Waals surface area (Å²) in [7, 11) is 0. The first-order chi connectivity index (χ1) is 13.7. The second-order valence-corrected chi connectivity index (χ2v) is 7.49. The molecule has 0 spiro atoms. The summed E-state index contributed by atoms with van der Waals surface area (Å²) in [5.41, 5.74) is 2.61. The van der Waals surface area contributed by atoms with Crippen molar-refractivity contribution < 1.29 is 5.11 Å². The van der Waals surface area contributed by atoms with Gasteiger partial charge in [-0.15, -0.1) is 0 Å². The van der Waals surface area contributed by atoms with Crippen molar-refractivity contribution in [3.63, 3.8) is 0 Å². The van der Waals surface area contributed by atoms with E-state index in [1.54, 1.807) is 10.6 Å². The molecule has 0 unspecified atom stereocenters. The van der Waals surface area contributed by atoms with E-state index in [4.69, 9.17) is 16.7 Å². The summed E-state index contributed by atoms with van der Waals surface area (Å²) in [5, 5.41) is 20.4. The van der Waals surface area contributed by atoms with Gasteiger partial charge in [-0.2, -0.15) is 9.61 Å². The summed E-state index contributed by atoms with van der Waals surface area (Å²) < 4.78 is 1.79. The van der Waals surface area contributed by atoms with E-state index >= 15 is 0 Å². The van der Waals surface area contributed by atoms with E-state index in [0.29, 0.717) is 10.8 Å². The highest BCUT2D eigenvalue weighted by atomic mass is 35.5.